The summed E-state index contributed by atoms with van der Waals surface area (Å²) < 4.78 is 0. The molecule has 1 saturated carbocycles. The standard InChI is InChI=1S/C33H51NO5/c1-2-3-5-8-23-11-12-25(30(35)20-23)9-6-4-7-10-28(32(37)38)31(36)27-13-14-29-26(15-17-33(29,39)21-27)19-24-16-18-34-22-24/h11-14,16,18,22-23,25-31,34-36,39H,2-10,15,17,19-21H2,1H3,(H,37,38). The van der Waals surface area contributed by atoms with Crippen LogP contribution in [-0.4, -0.2) is 49.2 Å². The van der Waals surface area contributed by atoms with Crippen LogP contribution in [0.2, 0.25) is 0 Å². The first-order valence-electron chi connectivity index (χ1n) is 15.6. The highest BCUT2D eigenvalue weighted by atomic mass is 16.4. The van der Waals surface area contributed by atoms with Crippen molar-refractivity contribution in [3.05, 3.63) is 48.3 Å². The zero-order valence-corrected chi connectivity index (χ0v) is 23.8. The third kappa shape index (κ3) is 7.86. The molecule has 0 bridgehead atoms. The molecule has 0 spiro atoms. The van der Waals surface area contributed by atoms with Gasteiger partial charge in [0.1, 0.15) is 0 Å². The molecule has 4 rings (SSSR count). The Morgan fingerprint density at radius 3 is 2.64 bits per heavy atom. The number of hydrogen-bond donors (Lipinski definition) is 5. The summed E-state index contributed by atoms with van der Waals surface area (Å²) in [5.74, 6) is -1.03. The molecule has 1 aromatic heterocycles. The molecule has 5 N–H and O–H groups in total. The van der Waals surface area contributed by atoms with Crippen LogP contribution >= 0.6 is 0 Å². The van der Waals surface area contributed by atoms with Crippen LogP contribution in [0.15, 0.2) is 42.8 Å². The number of aliphatic carboxylic acids is 1. The summed E-state index contributed by atoms with van der Waals surface area (Å²) >= 11 is 0. The Balaban J connectivity index is 1.22. The van der Waals surface area contributed by atoms with Crippen molar-refractivity contribution in [3.63, 3.8) is 0 Å². The molecule has 0 aromatic carbocycles. The molecule has 3 aliphatic carbocycles. The number of aliphatic hydroxyl groups is 3. The zero-order chi connectivity index (χ0) is 27.8. The summed E-state index contributed by atoms with van der Waals surface area (Å²) in [4.78, 5) is 15.2. The van der Waals surface area contributed by atoms with Crippen molar-refractivity contribution >= 4 is 5.97 Å². The van der Waals surface area contributed by atoms with Gasteiger partial charge in [0, 0.05) is 30.1 Å². The first kappa shape index (κ1) is 30.1. The maximum atomic E-state index is 12.1. The minimum atomic E-state index is -1.000. The fourth-order valence-corrected chi connectivity index (χ4v) is 7.60. The highest BCUT2D eigenvalue weighted by Gasteiger charge is 2.50. The fourth-order valence-electron chi connectivity index (χ4n) is 7.60. The SMILES string of the molecule is CCCCCC1C=CC(CCCCCC(C(=O)O)C(O)C2C=CC3C(Cc4cc[nH]c4)CCC3(O)C2)C(O)C1. The van der Waals surface area contributed by atoms with E-state index in [1.54, 1.807) is 0 Å². The number of nitrogens with one attached hydrogen (secondary N) is 1. The normalized spacial score (nSPS) is 33.6. The largest absolute Gasteiger partial charge is 0.481 e. The number of unbranched alkanes of at least 4 members (excludes halogenated alkanes) is 4. The molecule has 218 valence electrons. The van der Waals surface area contributed by atoms with Gasteiger partial charge in [-0.25, -0.2) is 0 Å². The average molecular weight is 542 g/mol. The van der Waals surface area contributed by atoms with Crippen LogP contribution in [0.4, 0.5) is 0 Å². The van der Waals surface area contributed by atoms with E-state index in [9.17, 15) is 25.2 Å². The van der Waals surface area contributed by atoms with Crippen molar-refractivity contribution in [1.29, 1.82) is 0 Å². The lowest BCUT2D eigenvalue weighted by atomic mass is 9.70. The lowest BCUT2D eigenvalue weighted by molar-refractivity contribution is -0.148. The van der Waals surface area contributed by atoms with Gasteiger partial charge in [0.2, 0.25) is 0 Å². The van der Waals surface area contributed by atoms with Crippen LogP contribution in [0.25, 0.3) is 0 Å². The number of carboxylic acid groups (broad SMARTS) is 1. The van der Waals surface area contributed by atoms with E-state index in [-0.39, 0.29) is 23.9 Å². The van der Waals surface area contributed by atoms with Gasteiger partial charge in [0.25, 0.3) is 0 Å². The maximum Gasteiger partial charge on any atom is 0.309 e. The highest BCUT2D eigenvalue weighted by Crippen LogP contribution is 2.49. The molecule has 6 nitrogen and oxygen atoms in total. The molecule has 1 fully saturated rings. The van der Waals surface area contributed by atoms with Gasteiger partial charge in [-0.3, -0.25) is 4.79 Å². The Labute approximate surface area is 234 Å². The van der Waals surface area contributed by atoms with Crippen molar-refractivity contribution < 1.29 is 25.2 Å². The molecule has 9 unspecified atom stereocenters. The molecule has 9 atom stereocenters. The summed E-state index contributed by atoms with van der Waals surface area (Å²) in [5, 5.41) is 43.1. The van der Waals surface area contributed by atoms with Crippen LogP contribution in [0.3, 0.4) is 0 Å². The lowest BCUT2D eigenvalue weighted by Crippen LogP contribution is -2.44. The van der Waals surface area contributed by atoms with E-state index in [0.29, 0.717) is 31.1 Å². The summed E-state index contributed by atoms with van der Waals surface area (Å²) in [6, 6.07) is 2.08. The smallest absolute Gasteiger partial charge is 0.309 e. The number of H-pyrrole nitrogens is 1. The number of rotatable bonds is 15. The van der Waals surface area contributed by atoms with E-state index in [4.69, 9.17) is 0 Å². The van der Waals surface area contributed by atoms with Crippen molar-refractivity contribution in [2.45, 2.75) is 115 Å². The van der Waals surface area contributed by atoms with Crippen molar-refractivity contribution in [1.82, 2.24) is 4.98 Å². The molecular weight excluding hydrogens is 490 g/mol. The van der Waals surface area contributed by atoms with Gasteiger partial charge in [-0.1, -0.05) is 69.8 Å². The van der Waals surface area contributed by atoms with Crippen LogP contribution in [0.1, 0.15) is 96.0 Å². The van der Waals surface area contributed by atoms with Crippen LogP contribution < -0.4 is 0 Å². The van der Waals surface area contributed by atoms with Gasteiger partial charge in [-0.2, -0.15) is 0 Å². The molecule has 0 aliphatic heterocycles. The third-order valence-corrected chi connectivity index (χ3v) is 9.96. The number of aliphatic hydroxyl groups excluding tert-OH is 2. The summed E-state index contributed by atoms with van der Waals surface area (Å²) in [7, 11) is 0. The molecule has 0 amide bonds. The van der Waals surface area contributed by atoms with Crippen LogP contribution in [0, 0.1) is 35.5 Å². The first-order chi connectivity index (χ1) is 18.8. The minimum absolute atomic E-state index is 0.0509. The quantitative estimate of drug-likeness (QED) is 0.137. The Hall–Kier alpha value is -1.89. The van der Waals surface area contributed by atoms with Gasteiger partial charge in [-0.05, 0) is 74.8 Å². The summed E-state index contributed by atoms with van der Waals surface area (Å²) in [6.45, 7) is 2.21. The number of aromatic nitrogens is 1. The second kappa shape index (κ2) is 14.1. The van der Waals surface area contributed by atoms with Crippen LogP contribution in [0.5, 0.6) is 0 Å². The third-order valence-electron chi connectivity index (χ3n) is 9.96. The van der Waals surface area contributed by atoms with Gasteiger partial charge in [0.05, 0.1) is 23.7 Å². The van der Waals surface area contributed by atoms with Crippen molar-refractivity contribution in [2.24, 2.45) is 35.5 Å². The summed E-state index contributed by atoms with van der Waals surface area (Å²) in [5.41, 5.74) is 0.375. The Morgan fingerprint density at radius 2 is 1.92 bits per heavy atom. The zero-order valence-electron chi connectivity index (χ0n) is 23.8. The average Bonchev–Trinajstić information content (AvgIpc) is 3.54. The molecule has 39 heavy (non-hydrogen) atoms. The summed E-state index contributed by atoms with van der Waals surface area (Å²) in [6.07, 6.45) is 23.8. The lowest BCUT2D eigenvalue weighted by Gasteiger charge is -2.39. The number of allylic oxidation sites excluding steroid dienone is 1. The second-order valence-corrected chi connectivity index (χ2v) is 12.8. The molecule has 3 aliphatic rings. The van der Waals surface area contributed by atoms with E-state index in [2.05, 4.69) is 36.2 Å². The molecule has 1 heterocycles. The molecular formula is C33H51NO5. The molecule has 0 saturated heterocycles. The predicted molar refractivity (Wildman–Crippen MR) is 154 cm³/mol. The maximum absolute atomic E-state index is 12.1. The second-order valence-electron chi connectivity index (χ2n) is 12.8. The Kier molecular flexibility index (Phi) is 10.9. The van der Waals surface area contributed by atoms with E-state index < -0.39 is 23.6 Å². The van der Waals surface area contributed by atoms with E-state index >= 15 is 0 Å². The number of aromatic amines is 1. The Bertz CT molecular complexity index is 942. The number of carbonyl (C=O) groups is 1. The molecule has 0 radical (unpaired) electrons. The van der Waals surface area contributed by atoms with Crippen molar-refractivity contribution in [3.8, 4) is 0 Å². The van der Waals surface area contributed by atoms with E-state index in [0.717, 1.165) is 51.4 Å². The van der Waals surface area contributed by atoms with Crippen molar-refractivity contribution in [2.75, 3.05) is 0 Å². The number of hydrogen-bond acceptors (Lipinski definition) is 4. The minimum Gasteiger partial charge on any atom is -0.481 e. The van der Waals surface area contributed by atoms with Gasteiger partial charge in [-0.15, -0.1) is 0 Å². The number of carboxylic acids is 1. The Morgan fingerprint density at radius 1 is 1.10 bits per heavy atom. The monoisotopic (exact) mass is 541 g/mol. The molecule has 6 heteroatoms. The molecule has 1 aromatic rings. The first-order valence-corrected chi connectivity index (χ1v) is 15.6. The van der Waals surface area contributed by atoms with Crippen LogP contribution in [-0.2, 0) is 11.2 Å². The van der Waals surface area contributed by atoms with Gasteiger partial charge < -0.3 is 25.4 Å². The highest BCUT2D eigenvalue weighted by molar-refractivity contribution is 5.70. The number of fused-ring (bicyclic) bond motifs is 1. The fraction of sp³-hybridized carbons (Fsp3) is 0.727. The predicted octanol–water partition coefficient (Wildman–Crippen LogP) is 6.04. The van der Waals surface area contributed by atoms with E-state index in [1.165, 1.54) is 24.8 Å². The van der Waals surface area contributed by atoms with E-state index in [1.807, 2.05) is 18.5 Å². The van der Waals surface area contributed by atoms with Gasteiger partial charge in [0.15, 0.2) is 0 Å². The van der Waals surface area contributed by atoms with Gasteiger partial charge >= 0.3 is 5.97 Å². The topological polar surface area (TPSA) is 114 Å².